The van der Waals surface area contributed by atoms with Crippen LogP contribution in [0.3, 0.4) is 0 Å². The van der Waals surface area contributed by atoms with Crippen LogP contribution in [0.4, 0.5) is 5.69 Å². The molecule has 0 saturated heterocycles. The Morgan fingerprint density at radius 2 is 2.10 bits per heavy atom. The molecule has 0 radical (unpaired) electrons. The van der Waals surface area contributed by atoms with Crippen LogP contribution in [0.15, 0.2) is 29.4 Å². The highest BCUT2D eigenvalue weighted by Crippen LogP contribution is 2.43. The van der Waals surface area contributed by atoms with Gasteiger partial charge in [-0.15, -0.1) is 11.6 Å². The van der Waals surface area contributed by atoms with Crippen LogP contribution in [0, 0.1) is 11.8 Å². The highest BCUT2D eigenvalue weighted by Gasteiger charge is 2.49. The minimum absolute atomic E-state index is 0.0173. The largest absolute Gasteiger partial charge is 0.326 e. The average molecular weight is 292 g/mol. The summed E-state index contributed by atoms with van der Waals surface area (Å²) < 4.78 is 0. The van der Waals surface area contributed by atoms with Crippen LogP contribution in [0.2, 0.25) is 0 Å². The third-order valence-corrected chi connectivity index (χ3v) is 3.74. The Morgan fingerprint density at radius 1 is 1.35 bits per heavy atom. The Kier molecular flexibility index (Phi) is 3.44. The van der Waals surface area contributed by atoms with E-state index in [1.807, 2.05) is 24.3 Å². The van der Waals surface area contributed by atoms with Crippen molar-refractivity contribution in [2.45, 2.75) is 12.8 Å². The van der Waals surface area contributed by atoms with Gasteiger partial charge in [0, 0.05) is 29.8 Å². The molecule has 1 aromatic rings. The molecule has 0 aromatic heterocycles. The van der Waals surface area contributed by atoms with E-state index in [1.54, 1.807) is 0 Å². The number of hydrogen-bond acceptors (Lipinski definition) is 3. The van der Waals surface area contributed by atoms with Gasteiger partial charge in [0.05, 0.1) is 5.71 Å². The molecule has 1 heterocycles. The van der Waals surface area contributed by atoms with E-state index < -0.39 is 0 Å². The summed E-state index contributed by atoms with van der Waals surface area (Å²) >= 11 is 5.51. The maximum absolute atomic E-state index is 11.4. The first-order valence-corrected chi connectivity index (χ1v) is 7.06. The zero-order valence-electron chi connectivity index (χ0n) is 10.7. The summed E-state index contributed by atoms with van der Waals surface area (Å²) in [7, 11) is 0. The minimum Gasteiger partial charge on any atom is -0.326 e. The monoisotopic (exact) mass is 291 g/mol. The summed E-state index contributed by atoms with van der Waals surface area (Å²) in [6.07, 6.45) is 1.17. The zero-order chi connectivity index (χ0) is 14.1. The van der Waals surface area contributed by atoms with Crippen LogP contribution in [0.1, 0.15) is 18.4 Å². The van der Waals surface area contributed by atoms with Crippen molar-refractivity contribution in [3.05, 3.63) is 29.8 Å². The van der Waals surface area contributed by atoms with Gasteiger partial charge in [-0.1, -0.05) is 12.1 Å². The fourth-order valence-corrected chi connectivity index (χ4v) is 2.55. The molecular formula is C14H14ClN3O2. The molecule has 5 nitrogen and oxygen atoms in total. The highest BCUT2D eigenvalue weighted by atomic mass is 35.5. The molecule has 2 N–H and O–H groups in total. The lowest BCUT2D eigenvalue weighted by Gasteiger charge is -2.12. The topological polar surface area (TPSA) is 70.6 Å². The van der Waals surface area contributed by atoms with Crippen molar-refractivity contribution < 1.29 is 9.59 Å². The van der Waals surface area contributed by atoms with E-state index in [-0.39, 0.29) is 23.7 Å². The summed E-state index contributed by atoms with van der Waals surface area (Å²) in [6, 6.07) is 7.47. The van der Waals surface area contributed by atoms with Crippen molar-refractivity contribution >= 4 is 34.8 Å². The molecule has 3 rings (SSSR count). The van der Waals surface area contributed by atoms with Crippen molar-refractivity contribution in [1.82, 2.24) is 5.43 Å². The number of alkyl halides is 1. The molecule has 20 heavy (non-hydrogen) atoms. The number of nitrogens with one attached hydrogen (secondary N) is 2. The molecule has 2 unspecified atom stereocenters. The van der Waals surface area contributed by atoms with E-state index in [0.29, 0.717) is 12.3 Å². The molecule has 104 valence electrons. The number of halogens is 1. The second-order valence-electron chi connectivity index (χ2n) is 4.99. The molecule has 1 aromatic carbocycles. The van der Waals surface area contributed by atoms with E-state index in [0.717, 1.165) is 23.4 Å². The van der Waals surface area contributed by atoms with Gasteiger partial charge in [-0.2, -0.15) is 5.10 Å². The Labute approximate surface area is 121 Å². The van der Waals surface area contributed by atoms with Gasteiger partial charge in [0.25, 0.3) is 0 Å². The summed E-state index contributed by atoms with van der Waals surface area (Å²) in [5.41, 5.74) is 5.19. The number of rotatable bonds is 4. The van der Waals surface area contributed by atoms with Gasteiger partial charge in [-0.3, -0.25) is 9.59 Å². The third-order valence-electron chi connectivity index (χ3n) is 3.55. The van der Waals surface area contributed by atoms with Gasteiger partial charge in [0.15, 0.2) is 0 Å². The number of amides is 2. The van der Waals surface area contributed by atoms with Crippen LogP contribution >= 0.6 is 11.6 Å². The maximum atomic E-state index is 11.4. The number of anilines is 1. The molecule has 2 amide bonds. The average Bonchev–Trinajstić information content (AvgIpc) is 3.22. The fourth-order valence-electron chi connectivity index (χ4n) is 2.38. The van der Waals surface area contributed by atoms with Crippen LogP contribution in [-0.2, 0) is 9.59 Å². The van der Waals surface area contributed by atoms with Gasteiger partial charge in [-0.25, -0.2) is 5.43 Å². The van der Waals surface area contributed by atoms with Crippen molar-refractivity contribution in [2.24, 2.45) is 16.9 Å². The summed E-state index contributed by atoms with van der Waals surface area (Å²) in [5, 5.41) is 6.90. The smallest absolute Gasteiger partial charge is 0.243 e. The lowest BCUT2D eigenvalue weighted by Crippen LogP contribution is -2.28. The molecule has 2 atom stereocenters. The number of benzene rings is 1. The summed E-state index contributed by atoms with van der Waals surface area (Å²) in [4.78, 5) is 22.8. The van der Waals surface area contributed by atoms with Crippen LogP contribution in [0.25, 0.3) is 0 Å². The first-order valence-electron chi connectivity index (χ1n) is 6.52. The zero-order valence-corrected chi connectivity index (χ0v) is 11.5. The number of hydrogen-bond donors (Lipinski definition) is 2. The number of carbonyl (C=O) groups excluding carboxylic acids is 2. The van der Waals surface area contributed by atoms with Crippen LogP contribution in [0.5, 0.6) is 0 Å². The lowest BCUT2D eigenvalue weighted by atomic mass is 10.0. The van der Waals surface area contributed by atoms with Gasteiger partial charge < -0.3 is 5.32 Å². The van der Waals surface area contributed by atoms with E-state index >= 15 is 0 Å². The number of fused-ring (bicyclic) bond motifs is 1. The fraction of sp³-hybridized carbons (Fsp3) is 0.357. The number of carbonyl (C=O) groups is 2. The standard InChI is InChI=1S/C14H14ClN3O2/c15-6-5-12(19)16-9-3-1-8(2-4-9)13-10-7-11(10)14(20)18-17-13/h1-4,10-11H,5-7H2,(H,16,19)(H,18,20). The minimum atomic E-state index is -0.0997. The molecular weight excluding hydrogens is 278 g/mol. The lowest BCUT2D eigenvalue weighted by molar-refractivity contribution is -0.122. The predicted molar refractivity (Wildman–Crippen MR) is 76.7 cm³/mol. The second kappa shape index (κ2) is 5.25. The molecule has 2 aliphatic rings. The SMILES string of the molecule is O=C(CCCl)Nc1ccc(C2=NNC(=O)C3CC23)cc1. The third kappa shape index (κ3) is 2.54. The Hall–Kier alpha value is -1.88. The first-order chi connectivity index (χ1) is 9.69. The Balaban J connectivity index is 1.71. The van der Waals surface area contributed by atoms with Crippen molar-refractivity contribution in [2.75, 3.05) is 11.2 Å². The second-order valence-corrected chi connectivity index (χ2v) is 5.36. The van der Waals surface area contributed by atoms with Crippen molar-refractivity contribution in [3.8, 4) is 0 Å². The molecule has 0 spiro atoms. The Morgan fingerprint density at radius 3 is 2.80 bits per heavy atom. The molecule has 6 heteroatoms. The van der Waals surface area contributed by atoms with Crippen molar-refractivity contribution in [1.29, 1.82) is 0 Å². The van der Waals surface area contributed by atoms with Gasteiger partial charge in [0.1, 0.15) is 0 Å². The normalized spacial score (nSPS) is 23.4. The quantitative estimate of drug-likeness (QED) is 0.829. The van der Waals surface area contributed by atoms with Crippen molar-refractivity contribution in [3.63, 3.8) is 0 Å². The van der Waals surface area contributed by atoms with E-state index in [4.69, 9.17) is 11.6 Å². The van der Waals surface area contributed by atoms with E-state index in [1.165, 1.54) is 0 Å². The number of nitrogens with zero attached hydrogens (tertiary/aromatic N) is 1. The van der Waals surface area contributed by atoms with E-state index in [9.17, 15) is 9.59 Å². The van der Waals surface area contributed by atoms with Gasteiger partial charge in [0.2, 0.25) is 11.8 Å². The van der Waals surface area contributed by atoms with Gasteiger partial charge in [-0.05, 0) is 24.1 Å². The number of hydrazone groups is 1. The molecule has 1 aliphatic carbocycles. The summed E-state index contributed by atoms with van der Waals surface area (Å²) in [5.74, 6) is 0.566. The highest BCUT2D eigenvalue weighted by molar-refractivity contribution is 6.19. The predicted octanol–water partition coefficient (Wildman–Crippen LogP) is 1.72. The van der Waals surface area contributed by atoms with E-state index in [2.05, 4.69) is 15.8 Å². The maximum Gasteiger partial charge on any atom is 0.243 e. The van der Waals surface area contributed by atoms with Crippen LogP contribution in [-0.4, -0.2) is 23.4 Å². The molecule has 1 saturated carbocycles. The molecule has 1 fully saturated rings. The molecule has 0 bridgehead atoms. The van der Waals surface area contributed by atoms with Crippen LogP contribution < -0.4 is 10.7 Å². The Bertz CT molecular complexity index is 583. The first kappa shape index (κ1) is 13.1. The van der Waals surface area contributed by atoms with Gasteiger partial charge >= 0.3 is 0 Å². The molecule has 1 aliphatic heterocycles. The summed E-state index contributed by atoms with van der Waals surface area (Å²) in [6.45, 7) is 0.